The second-order valence-electron chi connectivity index (χ2n) is 7.38. The molecule has 0 saturated carbocycles. The van der Waals surface area contributed by atoms with Crippen LogP contribution in [0.15, 0.2) is 53.6 Å². The normalized spacial score (nSPS) is 11.6. The number of hydrogen-bond donors (Lipinski definition) is 1. The predicted octanol–water partition coefficient (Wildman–Crippen LogP) is 4.97. The van der Waals surface area contributed by atoms with Crippen molar-refractivity contribution in [3.05, 3.63) is 87.7 Å². The summed E-state index contributed by atoms with van der Waals surface area (Å²) >= 11 is 0. The molecule has 0 saturated heterocycles. The Morgan fingerprint density at radius 2 is 1.76 bits per heavy atom. The average molecular weight is 457 g/mol. The van der Waals surface area contributed by atoms with Gasteiger partial charge in [-0.25, -0.2) is 10.2 Å². The van der Waals surface area contributed by atoms with Crippen LogP contribution in [0.5, 0.6) is 0 Å². The molecular weight excluding hydrogens is 435 g/mol. The van der Waals surface area contributed by atoms with Crippen LogP contribution in [0.3, 0.4) is 0 Å². The molecule has 33 heavy (non-hydrogen) atoms. The van der Waals surface area contributed by atoms with E-state index in [-0.39, 0.29) is 5.56 Å². The monoisotopic (exact) mass is 457 g/mol. The zero-order chi connectivity index (χ0) is 24.3. The van der Waals surface area contributed by atoms with E-state index in [2.05, 4.69) is 10.5 Å². The number of nitrogens with zero attached hydrogens (tertiary/aromatic N) is 2. The summed E-state index contributed by atoms with van der Waals surface area (Å²) in [6.45, 7) is 5.56. The summed E-state index contributed by atoms with van der Waals surface area (Å²) < 4.78 is 45.4. The van der Waals surface area contributed by atoms with Crippen LogP contribution in [0.2, 0.25) is 0 Å². The second-order valence-corrected chi connectivity index (χ2v) is 7.38. The van der Waals surface area contributed by atoms with Gasteiger partial charge in [-0.15, -0.1) is 0 Å². The van der Waals surface area contributed by atoms with Crippen LogP contribution in [-0.4, -0.2) is 29.8 Å². The molecular formula is C24H22F3N3O3. The lowest BCUT2D eigenvalue weighted by atomic mass is 10.1. The first-order chi connectivity index (χ1) is 15.5. The number of hydrogen-bond acceptors (Lipinski definition) is 4. The molecule has 0 aliphatic carbocycles. The fourth-order valence-corrected chi connectivity index (χ4v) is 3.55. The first-order valence-electron chi connectivity index (χ1n) is 9.92. The number of esters is 1. The van der Waals surface area contributed by atoms with Crippen molar-refractivity contribution in [1.29, 1.82) is 0 Å². The van der Waals surface area contributed by atoms with Crippen LogP contribution in [0.4, 0.5) is 13.2 Å². The summed E-state index contributed by atoms with van der Waals surface area (Å²) in [5, 5.41) is 3.91. The number of methoxy groups -OCH3 is 1. The highest BCUT2D eigenvalue weighted by atomic mass is 19.4. The summed E-state index contributed by atoms with van der Waals surface area (Å²) in [6.07, 6.45) is -3.12. The van der Waals surface area contributed by atoms with Gasteiger partial charge in [-0.2, -0.15) is 18.3 Å². The van der Waals surface area contributed by atoms with Gasteiger partial charge in [0.15, 0.2) is 0 Å². The number of ether oxygens (including phenoxy) is 1. The highest BCUT2D eigenvalue weighted by Crippen LogP contribution is 2.29. The van der Waals surface area contributed by atoms with E-state index in [1.807, 2.05) is 37.5 Å². The zero-order valence-electron chi connectivity index (χ0n) is 18.4. The molecule has 0 aliphatic rings. The number of alkyl halides is 3. The molecule has 0 bridgehead atoms. The zero-order valence-corrected chi connectivity index (χ0v) is 18.4. The van der Waals surface area contributed by atoms with Crippen molar-refractivity contribution in [2.75, 3.05) is 7.11 Å². The Hall–Kier alpha value is -3.88. The van der Waals surface area contributed by atoms with Gasteiger partial charge in [0, 0.05) is 28.2 Å². The maximum absolute atomic E-state index is 12.9. The fraction of sp³-hybridized carbons (Fsp3) is 0.208. The number of hydrazone groups is 1. The molecule has 1 aromatic heterocycles. The Labute approximate surface area is 188 Å². The number of halogens is 3. The maximum Gasteiger partial charge on any atom is 0.416 e. The summed E-state index contributed by atoms with van der Waals surface area (Å²) in [5.41, 5.74) is 5.54. The lowest BCUT2D eigenvalue weighted by Gasteiger charge is -2.15. The van der Waals surface area contributed by atoms with E-state index in [1.165, 1.54) is 25.5 Å². The molecule has 6 nitrogen and oxygen atoms in total. The van der Waals surface area contributed by atoms with Gasteiger partial charge in [0.2, 0.25) is 0 Å². The number of aromatic nitrogens is 1. The third kappa shape index (κ3) is 4.97. The Morgan fingerprint density at radius 1 is 1.06 bits per heavy atom. The van der Waals surface area contributed by atoms with Crippen molar-refractivity contribution < 1.29 is 27.5 Å². The van der Waals surface area contributed by atoms with Crippen molar-refractivity contribution in [2.24, 2.45) is 5.10 Å². The minimum atomic E-state index is -4.54. The summed E-state index contributed by atoms with van der Waals surface area (Å²) in [7, 11) is 1.32. The minimum absolute atomic E-state index is 0.150. The summed E-state index contributed by atoms with van der Waals surface area (Å²) in [6, 6.07) is 11.3. The molecule has 0 aliphatic heterocycles. The van der Waals surface area contributed by atoms with Crippen LogP contribution in [0, 0.1) is 20.8 Å². The molecule has 0 spiro atoms. The number of carbonyl (C=O) groups excluding carboxylic acids is 2. The van der Waals surface area contributed by atoms with Gasteiger partial charge in [-0.3, -0.25) is 4.79 Å². The lowest BCUT2D eigenvalue weighted by Crippen LogP contribution is -2.18. The van der Waals surface area contributed by atoms with Crippen LogP contribution in [-0.2, 0) is 10.9 Å². The quantitative estimate of drug-likeness (QED) is 0.334. The van der Waals surface area contributed by atoms with Crippen molar-refractivity contribution in [2.45, 2.75) is 26.9 Å². The van der Waals surface area contributed by atoms with Gasteiger partial charge in [0.05, 0.1) is 24.5 Å². The SMILES string of the molecule is COC(=O)c1cccc(-n2c(C)cc(/C=N\NC(=O)c3cccc(C(F)(F)F)c3)c2C)c1C. The largest absolute Gasteiger partial charge is 0.465 e. The number of aryl methyl sites for hydroxylation is 1. The lowest BCUT2D eigenvalue weighted by molar-refractivity contribution is -0.137. The first-order valence-corrected chi connectivity index (χ1v) is 9.92. The number of carbonyl (C=O) groups is 2. The second kappa shape index (κ2) is 9.32. The molecule has 0 unspecified atom stereocenters. The van der Waals surface area contributed by atoms with Crippen molar-refractivity contribution >= 4 is 18.1 Å². The smallest absolute Gasteiger partial charge is 0.416 e. The van der Waals surface area contributed by atoms with Gasteiger partial charge in [0.25, 0.3) is 5.91 Å². The van der Waals surface area contributed by atoms with E-state index < -0.39 is 23.6 Å². The van der Waals surface area contributed by atoms with Gasteiger partial charge in [-0.1, -0.05) is 12.1 Å². The Kier molecular flexibility index (Phi) is 6.71. The Bertz CT molecular complexity index is 1240. The van der Waals surface area contributed by atoms with Gasteiger partial charge < -0.3 is 9.30 Å². The minimum Gasteiger partial charge on any atom is -0.465 e. The van der Waals surface area contributed by atoms with E-state index in [9.17, 15) is 22.8 Å². The number of nitrogens with one attached hydrogen (secondary N) is 1. The Morgan fingerprint density at radius 3 is 2.42 bits per heavy atom. The fourth-order valence-electron chi connectivity index (χ4n) is 3.55. The highest BCUT2D eigenvalue weighted by molar-refractivity contribution is 5.95. The van der Waals surface area contributed by atoms with Crippen molar-refractivity contribution in [1.82, 2.24) is 9.99 Å². The molecule has 3 aromatic rings. The molecule has 172 valence electrons. The van der Waals surface area contributed by atoms with Crippen LogP contribution >= 0.6 is 0 Å². The predicted molar refractivity (Wildman–Crippen MR) is 118 cm³/mol. The van der Waals surface area contributed by atoms with Crippen molar-refractivity contribution in [3.63, 3.8) is 0 Å². The third-order valence-corrected chi connectivity index (χ3v) is 5.24. The number of amides is 1. The van der Waals surface area contributed by atoms with Crippen molar-refractivity contribution in [3.8, 4) is 5.69 Å². The Balaban J connectivity index is 1.84. The van der Waals surface area contributed by atoms with Crippen LogP contribution in [0.25, 0.3) is 5.69 Å². The molecule has 1 amide bonds. The topological polar surface area (TPSA) is 72.7 Å². The molecule has 0 atom stereocenters. The standard InChI is InChI=1S/C24H22F3N3O3/c1-14-11-18(13-28-29-22(31)17-7-5-8-19(12-17)24(25,26)27)16(3)30(14)21-10-6-9-20(15(21)2)23(32)33-4/h5-13H,1-4H3,(H,29,31)/b28-13-. The highest BCUT2D eigenvalue weighted by Gasteiger charge is 2.30. The molecule has 1 heterocycles. The van der Waals surface area contributed by atoms with Crippen LogP contribution < -0.4 is 5.43 Å². The summed E-state index contributed by atoms with van der Waals surface area (Å²) in [4.78, 5) is 24.3. The maximum atomic E-state index is 12.9. The number of benzene rings is 2. The van der Waals surface area contributed by atoms with Gasteiger partial charge in [-0.05, 0) is 62.7 Å². The van der Waals surface area contributed by atoms with E-state index >= 15 is 0 Å². The molecule has 0 fully saturated rings. The third-order valence-electron chi connectivity index (χ3n) is 5.24. The molecule has 3 rings (SSSR count). The van der Waals surface area contributed by atoms with E-state index in [0.29, 0.717) is 11.1 Å². The van der Waals surface area contributed by atoms with E-state index in [1.54, 1.807) is 12.1 Å². The summed E-state index contributed by atoms with van der Waals surface area (Å²) in [5.74, 6) is -1.19. The molecule has 1 N–H and O–H groups in total. The van der Waals surface area contributed by atoms with Gasteiger partial charge >= 0.3 is 12.1 Å². The van der Waals surface area contributed by atoms with Gasteiger partial charge in [0.1, 0.15) is 0 Å². The van der Waals surface area contributed by atoms with E-state index in [0.717, 1.165) is 34.8 Å². The molecule has 9 heteroatoms. The van der Waals surface area contributed by atoms with E-state index in [4.69, 9.17) is 4.74 Å². The molecule has 0 radical (unpaired) electrons. The number of rotatable bonds is 5. The van der Waals surface area contributed by atoms with Crippen LogP contribution in [0.1, 0.15) is 48.8 Å². The molecule has 2 aromatic carbocycles. The average Bonchev–Trinajstić information content (AvgIpc) is 3.06. The first kappa shape index (κ1) is 23.8.